The molecular formula is C12H15FO2. The van der Waals surface area contributed by atoms with Crippen LogP contribution < -0.4 is 4.74 Å². The number of aliphatic hydroxyl groups is 1. The van der Waals surface area contributed by atoms with Crippen LogP contribution in [-0.2, 0) is 6.42 Å². The first kappa shape index (κ1) is 10.4. The monoisotopic (exact) mass is 210 g/mol. The zero-order valence-corrected chi connectivity index (χ0v) is 8.79. The molecule has 1 aromatic rings. The van der Waals surface area contributed by atoms with Crippen LogP contribution in [0.15, 0.2) is 18.2 Å². The van der Waals surface area contributed by atoms with Crippen molar-refractivity contribution >= 4 is 0 Å². The summed E-state index contributed by atoms with van der Waals surface area (Å²) in [5.74, 6) is 0.337. The number of methoxy groups -OCH3 is 1. The minimum absolute atomic E-state index is 0.0878. The van der Waals surface area contributed by atoms with Crippen molar-refractivity contribution in [2.75, 3.05) is 13.7 Å². The summed E-state index contributed by atoms with van der Waals surface area (Å²) in [5.41, 5.74) is 0.502. The van der Waals surface area contributed by atoms with Crippen LogP contribution in [0.25, 0.3) is 0 Å². The van der Waals surface area contributed by atoms with Crippen molar-refractivity contribution in [2.45, 2.75) is 19.3 Å². The molecule has 0 unspecified atom stereocenters. The summed E-state index contributed by atoms with van der Waals surface area (Å²) in [7, 11) is 1.54. The first-order valence-electron chi connectivity index (χ1n) is 5.13. The third-order valence-corrected chi connectivity index (χ3v) is 3.14. The SMILES string of the molecule is COc1cccc(F)c1CC1(CO)CC1. The Labute approximate surface area is 88.7 Å². The molecule has 1 aliphatic rings. The molecule has 2 rings (SSSR count). The number of hydrogen-bond donors (Lipinski definition) is 1. The zero-order chi connectivity index (χ0) is 10.9. The largest absolute Gasteiger partial charge is 0.496 e. The van der Waals surface area contributed by atoms with Gasteiger partial charge in [0.2, 0.25) is 0 Å². The van der Waals surface area contributed by atoms with Crippen molar-refractivity contribution in [2.24, 2.45) is 5.41 Å². The summed E-state index contributed by atoms with van der Waals surface area (Å²) in [4.78, 5) is 0. The Balaban J connectivity index is 2.26. The van der Waals surface area contributed by atoms with Gasteiger partial charge in [0.1, 0.15) is 11.6 Å². The van der Waals surface area contributed by atoms with Crippen molar-refractivity contribution in [3.8, 4) is 5.75 Å². The molecule has 0 amide bonds. The van der Waals surface area contributed by atoms with Gasteiger partial charge in [0.05, 0.1) is 7.11 Å². The molecule has 15 heavy (non-hydrogen) atoms. The van der Waals surface area contributed by atoms with E-state index in [1.165, 1.54) is 13.2 Å². The van der Waals surface area contributed by atoms with Gasteiger partial charge in [-0.3, -0.25) is 0 Å². The van der Waals surface area contributed by atoms with Crippen LogP contribution in [-0.4, -0.2) is 18.8 Å². The molecule has 0 heterocycles. The Kier molecular flexibility index (Phi) is 2.65. The maximum Gasteiger partial charge on any atom is 0.130 e. The predicted octanol–water partition coefficient (Wildman–Crippen LogP) is 2.15. The lowest BCUT2D eigenvalue weighted by Gasteiger charge is -2.15. The Morgan fingerprint density at radius 1 is 1.47 bits per heavy atom. The van der Waals surface area contributed by atoms with Crippen molar-refractivity contribution in [1.29, 1.82) is 0 Å². The molecule has 1 aliphatic carbocycles. The molecular weight excluding hydrogens is 195 g/mol. The van der Waals surface area contributed by atoms with Gasteiger partial charge >= 0.3 is 0 Å². The minimum Gasteiger partial charge on any atom is -0.496 e. The van der Waals surface area contributed by atoms with Crippen LogP contribution in [0.5, 0.6) is 5.75 Å². The van der Waals surface area contributed by atoms with E-state index in [9.17, 15) is 9.50 Å². The molecule has 0 aromatic heterocycles. The smallest absolute Gasteiger partial charge is 0.130 e. The lowest BCUT2D eigenvalue weighted by Crippen LogP contribution is -2.12. The number of benzene rings is 1. The predicted molar refractivity (Wildman–Crippen MR) is 55.4 cm³/mol. The molecule has 2 nitrogen and oxygen atoms in total. The van der Waals surface area contributed by atoms with Gasteiger partial charge < -0.3 is 9.84 Å². The third kappa shape index (κ3) is 1.97. The molecule has 1 saturated carbocycles. The first-order chi connectivity index (χ1) is 7.21. The molecule has 0 atom stereocenters. The number of aliphatic hydroxyl groups excluding tert-OH is 1. The van der Waals surface area contributed by atoms with Gasteiger partial charge in [0.15, 0.2) is 0 Å². The quantitative estimate of drug-likeness (QED) is 0.825. The second-order valence-corrected chi connectivity index (χ2v) is 4.26. The van der Waals surface area contributed by atoms with Crippen LogP contribution in [0.4, 0.5) is 4.39 Å². The van der Waals surface area contributed by atoms with E-state index in [1.807, 2.05) is 0 Å². The summed E-state index contributed by atoms with van der Waals surface area (Å²) in [6.45, 7) is 0.129. The van der Waals surface area contributed by atoms with E-state index in [-0.39, 0.29) is 17.8 Å². The second-order valence-electron chi connectivity index (χ2n) is 4.26. The van der Waals surface area contributed by atoms with E-state index < -0.39 is 0 Å². The van der Waals surface area contributed by atoms with Gasteiger partial charge in [0.25, 0.3) is 0 Å². The topological polar surface area (TPSA) is 29.5 Å². The van der Waals surface area contributed by atoms with E-state index in [0.29, 0.717) is 17.7 Å². The van der Waals surface area contributed by atoms with Crippen molar-refractivity contribution in [3.63, 3.8) is 0 Å². The summed E-state index contributed by atoms with van der Waals surface area (Å²) in [5, 5.41) is 9.21. The molecule has 0 radical (unpaired) electrons. The average molecular weight is 210 g/mol. The van der Waals surface area contributed by atoms with Gasteiger partial charge in [0, 0.05) is 12.2 Å². The van der Waals surface area contributed by atoms with Crippen molar-refractivity contribution < 1.29 is 14.2 Å². The van der Waals surface area contributed by atoms with Crippen molar-refractivity contribution in [3.05, 3.63) is 29.6 Å². The lowest BCUT2D eigenvalue weighted by molar-refractivity contribution is 0.209. The van der Waals surface area contributed by atoms with Gasteiger partial charge in [-0.2, -0.15) is 0 Å². The molecule has 0 spiro atoms. The summed E-state index contributed by atoms with van der Waals surface area (Å²) in [6.07, 6.45) is 2.52. The van der Waals surface area contributed by atoms with Gasteiger partial charge in [-0.15, -0.1) is 0 Å². The molecule has 0 bridgehead atoms. The normalized spacial score (nSPS) is 17.5. The molecule has 1 N–H and O–H groups in total. The van der Waals surface area contributed by atoms with Crippen LogP contribution >= 0.6 is 0 Å². The second kappa shape index (κ2) is 3.81. The first-order valence-corrected chi connectivity index (χ1v) is 5.13. The average Bonchev–Trinajstić information content (AvgIpc) is 3.02. The highest BCUT2D eigenvalue weighted by molar-refractivity contribution is 5.36. The van der Waals surface area contributed by atoms with E-state index >= 15 is 0 Å². The van der Waals surface area contributed by atoms with Crippen LogP contribution in [0, 0.1) is 11.2 Å². The third-order valence-electron chi connectivity index (χ3n) is 3.14. The maximum atomic E-state index is 13.6. The highest BCUT2D eigenvalue weighted by atomic mass is 19.1. The van der Waals surface area contributed by atoms with Gasteiger partial charge in [-0.25, -0.2) is 4.39 Å². The highest BCUT2D eigenvalue weighted by Crippen LogP contribution is 2.49. The minimum atomic E-state index is -0.242. The fourth-order valence-electron chi connectivity index (χ4n) is 1.84. The van der Waals surface area contributed by atoms with E-state index in [1.54, 1.807) is 12.1 Å². The number of ether oxygens (including phenoxy) is 1. The van der Waals surface area contributed by atoms with Crippen LogP contribution in [0.3, 0.4) is 0 Å². The summed E-state index contributed by atoms with van der Waals surface area (Å²) in [6, 6.07) is 4.83. The lowest BCUT2D eigenvalue weighted by atomic mass is 9.96. The van der Waals surface area contributed by atoms with Crippen LogP contribution in [0.2, 0.25) is 0 Å². The maximum absolute atomic E-state index is 13.6. The van der Waals surface area contributed by atoms with Gasteiger partial charge in [-0.05, 0) is 36.8 Å². The zero-order valence-electron chi connectivity index (χ0n) is 8.79. The number of hydrogen-bond acceptors (Lipinski definition) is 2. The Hall–Kier alpha value is -1.09. The Morgan fingerprint density at radius 2 is 2.20 bits per heavy atom. The molecule has 1 fully saturated rings. The molecule has 82 valence electrons. The van der Waals surface area contributed by atoms with Gasteiger partial charge in [-0.1, -0.05) is 6.07 Å². The van der Waals surface area contributed by atoms with E-state index in [0.717, 1.165) is 12.8 Å². The summed E-state index contributed by atoms with van der Waals surface area (Å²) >= 11 is 0. The number of halogens is 1. The number of rotatable bonds is 4. The molecule has 1 aromatic carbocycles. The molecule has 0 aliphatic heterocycles. The Bertz CT molecular complexity index is 359. The molecule has 0 saturated heterocycles. The standard InChI is InChI=1S/C12H15FO2/c1-15-11-4-2-3-10(13)9(11)7-12(8-14)5-6-12/h2-4,14H,5-8H2,1H3. The highest BCUT2D eigenvalue weighted by Gasteiger charge is 2.43. The van der Waals surface area contributed by atoms with E-state index in [4.69, 9.17) is 4.74 Å². The fraction of sp³-hybridized carbons (Fsp3) is 0.500. The van der Waals surface area contributed by atoms with E-state index in [2.05, 4.69) is 0 Å². The molecule has 3 heteroatoms. The fourth-order valence-corrected chi connectivity index (χ4v) is 1.84. The summed E-state index contributed by atoms with van der Waals surface area (Å²) < 4.78 is 18.7. The van der Waals surface area contributed by atoms with Crippen LogP contribution in [0.1, 0.15) is 18.4 Å². The Morgan fingerprint density at radius 3 is 2.73 bits per heavy atom. The van der Waals surface area contributed by atoms with Crippen molar-refractivity contribution in [1.82, 2.24) is 0 Å².